The van der Waals surface area contributed by atoms with E-state index in [-0.39, 0.29) is 16.8 Å². The lowest BCUT2D eigenvalue weighted by atomic mass is 9.84. The summed E-state index contributed by atoms with van der Waals surface area (Å²) in [6.07, 6.45) is 4.88. The molecule has 1 saturated heterocycles. The molecule has 2 aromatic heterocycles. The number of nitrogens with one attached hydrogen (secondary N) is 1. The van der Waals surface area contributed by atoms with E-state index in [0.717, 1.165) is 38.0 Å². The predicted octanol–water partition coefficient (Wildman–Crippen LogP) is 5.50. The van der Waals surface area contributed by atoms with Gasteiger partial charge < -0.3 is 15.0 Å². The molecule has 0 unspecified atom stereocenters. The van der Waals surface area contributed by atoms with E-state index in [1.165, 1.54) is 12.1 Å². The third-order valence-corrected chi connectivity index (χ3v) is 6.66. The van der Waals surface area contributed by atoms with Crippen LogP contribution in [0.5, 0.6) is 0 Å². The number of anilines is 2. The van der Waals surface area contributed by atoms with Gasteiger partial charge in [-0.15, -0.1) is 6.42 Å². The molecule has 1 aliphatic rings. The van der Waals surface area contributed by atoms with Crippen molar-refractivity contribution >= 4 is 17.3 Å². The summed E-state index contributed by atoms with van der Waals surface area (Å²) in [5.74, 6) is 1.10. The summed E-state index contributed by atoms with van der Waals surface area (Å²) < 4.78 is 60.8. The molecule has 1 N–H and O–H groups in total. The van der Waals surface area contributed by atoms with Gasteiger partial charge in [-0.1, -0.05) is 0 Å². The van der Waals surface area contributed by atoms with Crippen LogP contribution < -0.4 is 10.2 Å². The number of terminal acetylenes is 1. The molecule has 38 heavy (non-hydrogen) atoms. The Morgan fingerprint density at radius 1 is 1.11 bits per heavy atom. The summed E-state index contributed by atoms with van der Waals surface area (Å²) >= 11 is 0. The number of benzene rings is 1. The van der Waals surface area contributed by atoms with Gasteiger partial charge in [-0.25, -0.2) is 9.37 Å². The Hall–Kier alpha value is -3.97. The molecule has 0 radical (unpaired) electrons. The fraction of sp³-hybridized carbons (Fsp3) is 0.321. The highest BCUT2D eigenvalue weighted by atomic mass is 19.4. The fourth-order valence-electron chi connectivity index (χ4n) is 4.10. The summed E-state index contributed by atoms with van der Waals surface area (Å²) in [5.41, 5.74) is 0.412. The van der Waals surface area contributed by atoms with Crippen LogP contribution in [0.2, 0.25) is 0 Å². The van der Waals surface area contributed by atoms with Crippen LogP contribution >= 0.6 is 0 Å². The van der Waals surface area contributed by atoms with Gasteiger partial charge in [0.2, 0.25) is 0 Å². The van der Waals surface area contributed by atoms with Crippen molar-refractivity contribution in [2.24, 2.45) is 0 Å². The van der Waals surface area contributed by atoms with Crippen molar-refractivity contribution in [3.8, 4) is 23.5 Å². The summed E-state index contributed by atoms with van der Waals surface area (Å²) in [4.78, 5) is 23.2. The van der Waals surface area contributed by atoms with E-state index in [1.807, 2.05) is 6.07 Å². The van der Waals surface area contributed by atoms with Crippen molar-refractivity contribution in [1.29, 1.82) is 0 Å². The standard InChI is InChI=1S/C28H26F4N4O2/c1-5-23-25(36-6-8-38-9-7-36)12-18(15-34-23)21-13-24(22(29)10-17(21)2)35-26(37)19-11-20(16-33-14-19)27(3,4)28(30,31)32/h1,10-16H,6-9H2,2-4H3,(H,35,37). The van der Waals surface area contributed by atoms with E-state index in [1.54, 1.807) is 13.1 Å². The second kappa shape index (κ2) is 10.4. The van der Waals surface area contributed by atoms with Crippen molar-refractivity contribution in [2.75, 3.05) is 36.5 Å². The van der Waals surface area contributed by atoms with E-state index in [2.05, 4.69) is 26.1 Å². The second-order valence-electron chi connectivity index (χ2n) is 9.52. The summed E-state index contributed by atoms with van der Waals surface area (Å²) in [5, 5.41) is 2.47. The Morgan fingerprint density at radius 3 is 2.47 bits per heavy atom. The van der Waals surface area contributed by atoms with Gasteiger partial charge in [0.1, 0.15) is 11.5 Å². The molecule has 3 aromatic rings. The highest BCUT2D eigenvalue weighted by Gasteiger charge is 2.48. The first-order valence-electron chi connectivity index (χ1n) is 11.9. The normalized spacial score (nSPS) is 14.2. The Balaban J connectivity index is 1.67. The van der Waals surface area contributed by atoms with E-state index >= 15 is 0 Å². The predicted molar refractivity (Wildman–Crippen MR) is 137 cm³/mol. The van der Waals surface area contributed by atoms with Crippen molar-refractivity contribution in [2.45, 2.75) is 32.4 Å². The molecule has 1 fully saturated rings. The highest BCUT2D eigenvalue weighted by Crippen LogP contribution is 2.40. The topological polar surface area (TPSA) is 67.4 Å². The molecule has 0 bridgehead atoms. The van der Waals surface area contributed by atoms with Gasteiger partial charge in [0, 0.05) is 37.2 Å². The Labute approximate surface area is 218 Å². The van der Waals surface area contributed by atoms with Crippen LogP contribution in [0, 0.1) is 25.1 Å². The number of morpholine rings is 1. The first kappa shape index (κ1) is 27.1. The zero-order chi connectivity index (χ0) is 27.7. The maximum atomic E-state index is 14.9. The minimum atomic E-state index is -4.55. The lowest BCUT2D eigenvalue weighted by molar-refractivity contribution is -0.180. The number of pyridine rings is 2. The van der Waals surface area contributed by atoms with Crippen LogP contribution in [0.4, 0.5) is 28.9 Å². The number of hydrogen-bond donors (Lipinski definition) is 1. The first-order valence-corrected chi connectivity index (χ1v) is 11.9. The van der Waals surface area contributed by atoms with E-state index in [0.29, 0.717) is 48.7 Å². The minimum absolute atomic E-state index is 0.129. The van der Waals surface area contributed by atoms with E-state index in [9.17, 15) is 22.4 Å². The van der Waals surface area contributed by atoms with Gasteiger partial charge in [0.25, 0.3) is 5.91 Å². The SMILES string of the molecule is C#Cc1ncc(-c2cc(NC(=O)c3cncc(C(C)(C)C(F)(F)F)c3)c(F)cc2C)cc1N1CCOCC1. The lowest BCUT2D eigenvalue weighted by Gasteiger charge is -2.29. The van der Waals surface area contributed by atoms with Crippen LogP contribution in [0.1, 0.15) is 41.0 Å². The number of ether oxygens (including phenoxy) is 1. The average Bonchev–Trinajstić information content (AvgIpc) is 2.89. The average molecular weight is 527 g/mol. The van der Waals surface area contributed by atoms with Crippen LogP contribution in [0.15, 0.2) is 42.9 Å². The van der Waals surface area contributed by atoms with Crippen LogP contribution in [0.25, 0.3) is 11.1 Å². The zero-order valence-corrected chi connectivity index (χ0v) is 21.1. The van der Waals surface area contributed by atoms with Gasteiger partial charge in [-0.3, -0.25) is 9.78 Å². The quantitative estimate of drug-likeness (QED) is 0.351. The molecule has 4 rings (SSSR count). The van der Waals surface area contributed by atoms with Crippen LogP contribution in [-0.2, 0) is 10.2 Å². The fourth-order valence-corrected chi connectivity index (χ4v) is 4.10. The van der Waals surface area contributed by atoms with Crippen LogP contribution in [0.3, 0.4) is 0 Å². The van der Waals surface area contributed by atoms with Gasteiger partial charge in [0.15, 0.2) is 0 Å². The van der Waals surface area contributed by atoms with E-state index < -0.39 is 23.3 Å². The molecule has 10 heteroatoms. The molecule has 1 aromatic carbocycles. The number of hydrogen-bond acceptors (Lipinski definition) is 5. The molecular formula is C28H26F4N4O2. The highest BCUT2D eigenvalue weighted by molar-refractivity contribution is 6.04. The molecule has 0 aliphatic carbocycles. The maximum Gasteiger partial charge on any atom is 0.397 e. The third-order valence-electron chi connectivity index (χ3n) is 6.66. The van der Waals surface area contributed by atoms with Crippen molar-refractivity contribution in [1.82, 2.24) is 9.97 Å². The zero-order valence-electron chi connectivity index (χ0n) is 21.1. The summed E-state index contributed by atoms with van der Waals surface area (Å²) in [6.45, 7) is 6.11. The number of carbonyl (C=O) groups is 1. The summed E-state index contributed by atoms with van der Waals surface area (Å²) in [7, 11) is 0. The second-order valence-corrected chi connectivity index (χ2v) is 9.52. The van der Waals surface area contributed by atoms with Crippen molar-refractivity contribution in [3.05, 3.63) is 71.1 Å². The Bertz CT molecular complexity index is 1410. The molecular weight excluding hydrogens is 500 g/mol. The summed E-state index contributed by atoms with van der Waals surface area (Å²) in [6, 6.07) is 5.72. The Kier molecular flexibility index (Phi) is 7.42. The molecule has 6 nitrogen and oxygen atoms in total. The first-order chi connectivity index (χ1) is 17.9. The van der Waals surface area contributed by atoms with Gasteiger partial charge in [-0.05, 0) is 67.6 Å². The van der Waals surface area contributed by atoms with Crippen molar-refractivity contribution in [3.63, 3.8) is 0 Å². The minimum Gasteiger partial charge on any atom is -0.378 e. The number of alkyl halides is 3. The third kappa shape index (κ3) is 5.34. The monoisotopic (exact) mass is 526 g/mol. The molecule has 1 amide bonds. The number of aryl methyl sites for hydroxylation is 1. The molecule has 198 valence electrons. The van der Waals surface area contributed by atoms with Crippen molar-refractivity contribution < 1.29 is 27.1 Å². The largest absolute Gasteiger partial charge is 0.397 e. The smallest absolute Gasteiger partial charge is 0.378 e. The maximum absolute atomic E-state index is 14.9. The number of aromatic nitrogens is 2. The molecule has 0 saturated carbocycles. The van der Waals surface area contributed by atoms with Crippen LogP contribution in [-0.4, -0.2) is 48.4 Å². The Morgan fingerprint density at radius 2 is 1.82 bits per heavy atom. The van der Waals surface area contributed by atoms with E-state index in [4.69, 9.17) is 11.2 Å². The number of rotatable bonds is 5. The lowest BCUT2D eigenvalue weighted by Crippen LogP contribution is -2.36. The van der Waals surface area contributed by atoms with Gasteiger partial charge in [0.05, 0.1) is 35.6 Å². The number of amides is 1. The molecule has 0 spiro atoms. The van der Waals surface area contributed by atoms with Gasteiger partial charge >= 0.3 is 6.18 Å². The number of halogens is 4. The molecule has 0 atom stereocenters. The number of nitrogens with zero attached hydrogens (tertiary/aromatic N) is 3. The molecule has 3 heterocycles. The molecule has 1 aliphatic heterocycles. The van der Waals surface area contributed by atoms with Gasteiger partial charge in [-0.2, -0.15) is 13.2 Å². The number of carbonyl (C=O) groups excluding carboxylic acids is 1.